The number of benzene rings is 1. The standard InChI is InChI=1S/C12H13ClN2O6S/c1-20-11(16)6-9(12(17)21-2)15-8-4-3-7(13)5-10(8)22(14,18)19/h3-6,15H,1-2H3,(H2,14,18,19)/b9-6+. The molecule has 0 saturated carbocycles. The summed E-state index contributed by atoms with van der Waals surface area (Å²) in [4.78, 5) is 22.5. The van der Waals surface area contributed by atoms with Gasteiger partial charge in [0.15, 0.2) is 0 Å². The van der Waals surface area contributed by atoms with Gasteiger partial charge in [-0.1, -0.05) is 11.6 Å². The average Bonchev–Trinajstić information content (AvgIpc) is 2.46. The van der Waals surface area contributed by atoms with Gasteiger partial charge in [0.05, 0.1) is 26.0 Å². The average molecular weight is 349 g/mol. The molecule has 0 amide bonds. The lowest BCUT2D eigenvalue weighted by Crippen LogP contribution is -2.19. The number of rotatable bonds is 5. The monoisotopic (exact) mass is 348 g/mol. The van der Waals surface area contributed by atoms with Gasteiger partial charge in [-0.05, 0) is 18.2 Å². The molecular formula is C12H13ClN2O6S. The molecule has 1 aromatic carbocycles. The zero-order valence-electron chi connectivity index (χ0n) is 11.6. The summed E-state index contributed by atoms with van der Waals surface area (Å²) in [6.07, 6.45) is 0.813. The number of primary sulfonamides is 1. The quantitative estimate of drug-likeness (QED) is 0.590. The number of halogens is 1. The second-order valence-corrected chi connectivity index (χ2v) is 5.85. The Bertz CT molecular complexity index is 729. The molecule has 0 atom stereocenters. The van der Waals surface area contributed by atoms with Gasteiger partial charge >= 0.3 is 11.9 Å². The summed E-state index contributed by atoms with van der Waals surface area (Å²) in [6.45, 7) is 0. The van der Waals surface area contributed by atoms with Crippen molar-refractivity contribution in [3.63, 3.8) is 0 Å². The summed E-state index contributed by atoms with van der Waals surface area (Å²) in [5, 5.41) is 7.68. The number of carbonyl (C=O) groups excluding carboxylic acids is 2. The Labute approximate surface area is 131 Å². The minimum Gasteiger partial charge on any atom is -0.466 e. The SMILES string of the molecule is COC(=O)/C=C(/Nc1ccc(Cl)cc1S(N)(=O)=O)C(=O)OC. The Morgan fingerprint density at radius 1 is 1.27 bits per heavy atom. The van der Waals surface area contributed by atoms with Crippen LogP contribution in [0.4, 0.5) is 5.69 Å². The molecule has 0 bridgehead atoms. The highest BCUT2D eigenvalue weighted by molar-refractivity contribution is 7.89. The molecule has 0 aliphatic rings. The minimum atomic E-state index is -4.11. The number of carbonyl (C=O) groups is 2. The molecular weight excluding hydrogens is 336 g/mol. The fraction of sp³-hybridized carbons (Fsp3) is 0.167. The van der Waals surface area contributed by atoms with Crippen LogP contribution in [-0.2, 0) is 29.1 Å². The van der Waals surface area contributed by atoms with E-state index < -0.39 is 22.0 Å². The first-order valence-corrected chi connectivity index (χ1v) is 7.58. The first kappa shape index (κ1) is 18.0. The van der Waals surface area contributed by atoms with E-state index in [1.54, 1.807) is 0 Å². The van der Waals surface area contributed by atoms with E-state index in [1.165, 1.54) is 12.1 Å². The van der Waals surface area contributed by atoms with Crippen molar-refractivity contribution in [2.75, 3.05) is 19.5 Å². The Hall–Kier alpha value is -2.10. The molecule has 1 rings (SSSR count). The Kier molecular flexibility index (Phi) is 5.92. The van der Waals surface area contributed by atoms with Gasteiger partial charge in [0, 0.05) is 5.02 Å². The second-order valence-electron chi connectivity index (χ2n) is 3.88. The van der Waals surface area contributed by atoms with Crippen LogP contribution in [0.25, 0.3) is 0 Å². The van der Waals surface area contributed by atoms with Crippen LogP contribution in [0.1, 0.15) is 0 Å². The molecule has 1 aromatic rings. The van der Waals surface area contributed by atoms with Crippen LogP contribution >= 0.6 is 11.6 Å². The predicted octanol–water partition coefficient (Wildman–Crippen LogP) is 0.629. The maximum Gasteiger partial charge on any atom is 0.354 e. The van der Waals surface area contributed by atoms with E-state index in [1.807, 2.05) is 0 Å². The summed E-state index contributed by atoms with van der Waals surface area (Å²) in [5.74, 6) is -1.74. The number of nitrogens with one attached hydrogen (secondary N) is 1. The zero-order valence-corrected chi connectivity index (χ0v) is 13.2. The van der Waals surface area contributed by atoms with Crippen molar-refractivity contribution in [3.05, 3.63) is 35.0 Å². The van der Waals surface area contributed by atoms with Crippen molar-refractivity contribution in [2.45, 2.75) is 4.90 Å². The molecule has 0 fully saturated rings. The van der Waals surface area contributed by atoms with Crippen LogP contribution in [0, 0.1) is 0 Å². The van der Waals surface area contributed by atoms with E-state index in [4.69, 9.17) is 16.7 Å². The van der Waals surface area contributed by atoms with Crippen LogP contribution in [0.3, 0.4) is 0 Å². The largest absolute Gasteiger partial charge is 0.466 e. The Balaban J connectivity index is 3.34. The highest BCUT2D eigenvalue weighted by Gasteiger charge is 2.19. The number of hydrogen-bond donors (Lipinski definition) is 2. The lowest BCUT2D eigenvalue weighted by Gasteiger charge is -2.12. The molecule has 0 aromatic heterocycles. The van der Waals surface area contributed by atoms with Gasteiger partial charge in [-0.3, -0.25) is 0 Å². The van der Waals surface area contributed by atoms with Gasteiger partial charge in [0.1, 0.15) is 10.6 Å². The third kappa shape index (κ3) is 4.72. The van der Waals surface area contributed by atoms with Gasteiger partial charge in [0.2, 0.25) is 10.0 Å². The normalized spacial score (nSPS) is 11.7. The number of nitrogens with two attached hydrogens (primary N) is 1. The number of hydrogen-bond acceptors (Lipinski definition) is 7. The maximum atomic E-state index is 11.6. The molecule has 3 N–H and O–H groups in total. The summed E-state index contributed by atoms with van der Waals surface area (Å²) >= 11 is 5.73. The molecule has 10 heteroatoms. The van der Waals surface area contributed by atoms with Crippen LogP contribution in [0.2, 0.25) is 5.02 Å². The first-order chi connectivity index (χ1) is 10.2. The van der Waals surface area contributed by atoms with Crippen molar-refractivity contribution >= 4 is 39.3 Å². The summed E-state index contributed by atoms with van der Waals surface area (Å²) < 4.78 is 32.0. The number of methoxy groups -OCH3 is 2. The van der Waals surface area contributed by atoms with Crippen molar-refractivity contribution in [2.24, 2.45) is 5.14 Å². The molecule has 120 valence electrons. The highest BCUT2D eigenvalue weighted by Crippen LogP contribution is 2.25. The van der Waals surface area contributed by atoms with Crippen LogP contribution in [0.15, 0.2) is 34.9 Å². The molecule has 0 radical (unpaired) electrons. The lowest BCUT2D eigenvalue weighted by molar-refractivity contribution is -0.138. The molecule has 0 spiro atoms. The molecule has 0 unspecified atom stereocenters. The zero-order chi connectivity index (χ0) is 16.9. The molecule has 0 aliphatic carbocycles. The van der Waals surface area contributed by atoms with E-state index in [0.717, 1.165) is 26.4 Å². The summed E-state index contributed by atoms with van der Waals surface area (Å²) in [6, 6.07) is 3.77. The molecule has 0 aliphatic heterocycles. The van der Waals surface area contributed by atoms with Gasteiger partial charge < -0.3 is 14.8 Å². The van der Waals surface area contributed by atoms with Crippen molar-refractivity contribution in [3.8, 4) is 0 Å². The van der Waals surface area contributed by atoms with Gasteiger partial charge in [-0.2, -0.15) is 0 Å². The molecule has 0 saturated heterocycles. The van der Waals surface area contributed by atoms with Crippen molar-refractivity contribution in [1.82, 2.24) is 0 Å². The fourth-order valence-electron chi connectivity index (χ4n) is 1.41. The van der Waals surface area contributed by atoms with Gasteiger partial charge in [-0.25, -0.2) is 23.1 Å². The first-order valence-electron chi connectivity index (χ1n) is 5.66. The Morgan fingerprint density at radius 3 is 2.41 bits per heavy atom. The van der Waals surface area contributed by atoms with E-state index in [9.17, 15) is 18.0 Å². The predicted molar refractivity (Wildman–Crippen MR) is 78.6 cm³/mol. The van der Waals surface area contributed by atoms with Crippen molar-refractivity contribution in [1.29, 1.82) is 0 Å². The third-order valence-corrected chi connectivity index (χ3v) is 3.57. The highest BCUT2D eigenvalue weighted by atomic mass is 35.5. The van der Waals surface area contributed by atoms with Crippen LogP contribution in [0.5, 0.6) is 0 Å². The lowest BCUT2D eigenvalue weighted by atomic mass is 10.3. The summed E-state index contributed by atoms with van der Waals surface area (Å²) in [5.41, 5.74) is -0.381. The van der Waals surface area contributed by atoms with E-state index in [-0.39, 0.29) is 21.3 Å². The topological polar surface area (TPSA) is 125 Å². The number of ether oxygens (including phenoxy) is 2. The van der Waals surface area contributed by atoms with Crippen LogP contribution in [-0.4, -0.2) is 34.6 Å². The van der Waals surface area contributed by atoms with Gasteiger partial charge in [0.25, 0.3) is 0 Å². The smallest absolute Gasteiger partial charge is 0.354 e. The third-order valence-electron chi connectivity index (χ3n) is 2.39. The van der Waals surface area contributed by atoms with E-state index in [0.29, 0.717) is 0 Å². The van der Waals surface area contributed by atoms with E-state index in [2.05, 4.69) is 14.8 Å². The second kappa shape index (κ2) is 7.25. The minimum absolute atomic E-state index is 0.0487. The number of esters is 2. The van der Waals surface area contributed by atoms with Crippen LogP contribution < -0.4 is 10.5 Å². The van der Waals surface area contributed by atoms with Gasteiger partial charge in [-0.15, -0.1) is 0 Å². The van der Waals surface area contributed by atoms with E-state index >= 15 is 0 Å². The van der Waals surface area contributed by atoms with Crippen molar-refractivity contribution < 1.29 is 27.5 Å². The number of sulfonamides is 1. The summed E-state index contributed by atoms with van der Waals surface area (Å²) in [7, 11) is -1.90. The number of anilines is 1. The fourth-order valence-corrected chi connectivity index (χ4v) is 2.37. The molecule has 8 nitrogen and oxygen atoms in total. The Morgan fingerprint density at radius 2 is 1.91 bits per heavy atom. The molecule has 22 heavy (non-hydrogen) atoms. The molecule has 0 heterocycles. The maximum absolute atomic E-state index is 11.6.